The summed E-state index contributed by atoms with van der Waals surface area (Å²) in [4.78, 5) is 0. The molecular formula is C7H18OSn2. The van der Waals surface area contributed by atoms with Crippen LogP contribution < -0.4 is 0 Å². The summed E-state index contributed by atoms with van der Waals surface area (Å²) in [5.41, 5.74) is 0. The topological polar surface area (TPSA) is 9.23 Å². The van der Waals surface area contributed by atoms with Gasteiger partial charge in [-0.2, -0.15) is 0 Å². The molecule has 0 heterocycles. The zero-order valence-electron chi connectivity index (χ0n) is 6.94. The first-order valence-corrected chi connectivity index (χ1v) is 10.4. The van der Waals surface area contributed by atoms with Gasteiger partial charge >= 0.3 is 88.8 Å². The van der Waals surface area contributed by atoms with Gasteiger partial charge in [0, 0.05) is 0 Å². The number of rotatable bonds is 7. The van der Waals surface area contributed by atoms with Crippen LogP contribution in [0.15, 0.2) is 0 Å². The first kappa shape index (κ1) is 11.6. The molecule has 0 aromatic carbocycles. The molecule has 0 unspecified atom stereocenters. The van der Waals surface area contributed by atoms with E-state index in [4.69, 9.17) is 3.07 Å². The Balaban J connectivity index is 2.65. The Morgan fingerprint density at radius 2 is 2.00 bits per heavy atom. The van der Waals surface area contributed by atoms with Gasteiger partial charge in [-0.05, 0) is 0 Å². The summed E-state index contributed by atoms with van der Waals surface area (Å²) < 4.78 is 8.31. The van der Waals surface area contributed by atoms with Crippen LogP contribution in [0, 0.1) is 0 Å². The second-order valence-corrected chi connectivity index (χ2v) is 8.59. The van der Waals surface area contributed by atoms with Crippen molar-refractivity contribution in [3.05, 3.63) is 0 Å². The Hall–Kier alpha value is 1.56. The summed E-state index contributed by atoms with van der Waals surface area (Å²) in [6.45, 7) is 3.34. The van der Waals surface area contributed by atoms with Gasteiger partial charge in [0.25, 0.3) is 0 Å². The van der Waals surface area contributed by atoms with Crippen molar-refractivity contribution in [2.75, 3.05) is 6.61 Å². The molecule has 0 N–H and O–H groups in total. The second kappa shape index (κ2) is 10.6. The molecule has 0 aromatic rings. The van der Waals surface area contributed by atoms with E-state index in [-0.39, 0.29) is 21.1 Å². The van der Waals surface area contributed by atoms with E-state index in [1.165, 1.54) is 19.3 Å². The van der Waals surface area contributed by atoms with Crippen LogP contribution in [-0.4, -0.2) is 50.7 Å². The SMILES string of the molecule is CCC[CH2][SnH][CH2]CC[O][SnH2]. The first-order chi connectivity index (χ1) is 4.91. The van der Waals surface area contributed by atoms with Gasteiger partial charge in [-0.25, -0.2) is 0 Å². The molecule has 60 valence electrons. The van der Waals surface area contributed by atoms with Crippen LogP contribution in [-0.2, 0) is 3.07 Å². The van der Waals surface area contributed by atoms with Crippen molar-refractivity contribution in [2.45, 2.75) is 35.1 Å². The van der Waals surface area contributed by atoms with Gasteiger partial charge in [0.1, 0.15) is 0 Å². The molecule has 0 atom stereocenters. The molecule has 0 saturated heterocycles. The molecule has 0 aliphatic heterocycles. The Kier molecular flexibility index (Phi) is 12.2. The Bertz CT molecular complexity index is 51.6. The van der Waals surface area contributed by atoms with Crippen LogP contribution in [0.2, 0.25) is 8.87 Å². The molecule has 10 heavy (non-hydrogen) atoms. The summed E-state index contributed by atoms with van der Waals surface area (Å²) >= 11 is 0.656. The normalized spacial score (nSPS) is 10.2. The van der Waals surface area contributed by atoms with E-state index >= 15 is 0 Å². The summed E-state index contributed by atoms with van der Waals surface area (Å²) in [6, 6.07) is 0. The van der Waals surface area contributed by atoms with E-state index in [1.807, 2.05) is 0 Å². The van der Waals surface area contributed by atoms with Crippen LogP contribution in [0.25, 0.3) is 0 Å². The maximum atomic E-state index is 5.15. The Morgan fingerprint density at radius 3 is 2.60 bits per heavy atom. The average molecular weight is 356 g/mol. The van der Waals surface area contributed by atoms with Gasteiger partial charge < -0.3 is 0 Å². The third kappa shape index (κ3) is 9.56. The summed E-state index contributed by atoms with van der Waals surface area (Å²) in [5, 5.41) is 0. The minimum absolute atomic E-state index is 0.0808. The molecule has 1 nitrogen and oxygen atoms in total. The molecule has 0 aromatic heterocycles. The summed E-state index contributed by atoms with van der Waals surface area (Å²) in [7, 11) is 0. The fourth-order valence-corrected chi connectivity index (χ4v) is 5.52. The Labute approximate surface area is 88.1 Å². The fraction of sp³-hybridized carbons (Fsp3) is 1.00. The predicted octanol–water partition coefficient (Wildman–Crippen LogP) is 1.01. The maximum absolute atomic E-state index is 5.15. The van der Waals surface area contributed by atoms with E-state index in [0.29, 0.717) is 0 Å². The first-order valence-electron chi connectivity index (χ1n) is 4.10. The van der Waals surface area contributed by atoms with Gasteiger partial charge in [-0.15, -0.1) is 0 Å². The number of hydrogen-bond donors (Lipinski definition) is 0. The average Bonchev–Trinajstić information content (AvgIpc) is 1.97. The molecule has 0 amide bonds. The number of unbranched alkanes of at least 4 members (excludes halogenated alkanes) is 1. The third-order valence-electron chi connectivity index (χ3n) is 1.46. The van der Waals surface area contributed by atoms with Gasteiger partial charge in [0.2, 0.25) is 0 Å². The van der Waals surface area contributed by atoms with Crippen LogP contribution in [0.5, 0.6) is 0 Å². The van der Waals surface area contributed by atoms with E-state index < -0.39 is 0 Å². The predicted molar refractivity (Wildman–Crippen MR) is 50.8 cm³/mol. The summed E-state index contributed by atoms with van der Waals surface area (Å²) in [6.07, 6.45) is 4.25. The molecule has 0 rings (SSSR count). The monoisotopic (exact) mass is 358 g/mol. The van der Waals surface area contributed by atoms with Gasteiger partial charge in [0.05, 0.1) is 0 Å². The van der Waals surface area contributed by atoms with Crippen molar-refractivity contribution in [1.29, 1.82) is 0 Å². The molecule has 0 saturated carbocycles. The van der Waals surface area contributed by atoms with Gasteiger partial charge in [-0.1, -0.05) is 0 Å². The molecule has 0 bridgehead atoms. The second-order valence-electron chi connectivity index (χ2n) is 2.48. The van der Waals surface area contributed by atoms with E-state index in [1.54, 1.807) is 8.87 Å². The molecule has 0 fully saturated rings. The van der Waals surface area contributed by atoms with Crippen molar-refractivity contribution < 1.29 is 3.07 Å². The van der Waals surface area contributed by atoms with Crippen LogP contribution in [0.4, 0.5) is 0 Å². The van der Waals surface area contributed by atoms with Crippen molar-refractivity contribution in [1.82, 2.24) is 0 Å². The molecule has 0 spiro atoms. The molecule has 2 radical (unpaired) electrons. The molecule has 0 aliphatic carbocycles. The quantitative estimate of drug-likeness (QED) is 0.489. The summed E-state index contributed by atoms with van der Waals surface area (Å²) in [5.74, 6) is 0. The van der Waals surface area contributed by atoms with E-state index in [0.717, 1.165) is 29.5 Å². The zero-order valence-corrected chi connectivity index (χ0v) is 14.3. The standard InChI is InChI=1S/C4H9.C3H6O.2Sn.3H/c1-3-4-2;1-2-3-4;;;;;/h1,3-4H2,2H3;1-3H2;;;;;/q;-1;;+1;;;. The van der Waals surface area contributed by atoms with Crippen molar-refractivity contribution in [2.24, 2.45) is 0 Å². The molecular weight excluding hydrogens is 337 g/mol. The fourth-order valence-electron chi connectivity index (χ4n) is 0.823. The van der Waals surface area contributed by atoms with Gasteiger partial charge in [0.15, 0.2) is 0 Å². The van der Waals surface area contributed by atoms with Crippen LogP contribution in [0.1, 0.15) is 26.2 Å². The van der Waals surface area contributed by atoms with Crippen molar-refractivity contribution in [3.8, 4) is 0 Å². The number of hydrogen-bond acceptors (Lipinski definition) is 1. The van der Waals surface area contributed by atoms with Gasteiger partial charge in [-0.3, -0.25) is 0 Å². The van der Waals surface area contributed by atoms with E-state index in [2.05, 4.69) is 6.92 Å². The third-order valence-corrected chi connectivity index (χ3v) is 6.94. The van der Waals surface area contributed by atoms with Crippen molar-refractivity contribution >= 4 is 44.1 Å². The Morgan fingerprint density at radius 1 is 1.30 bits per heavy atom. The van der Waals surface area contributed by atoms with Crippen LogP contribution >= 0.6 is 0 Å². The van der Waals surface area contributed by atoms with Crippen molar-refractivity contribution in [3.63, 3.8) is 0 Å². The molecule has 0 aliphatic rings. The molecule has 3 heteroatoms. The van der Waals surface area contributed by atoms with E-state index in [9.17, 15) is 0 Å². The van der Waals surface area contributed by atoms with Crippen LogP contribution in [0.3, 0.4) is 0 Å². The minimum atomic E-state index is -0.0808. The zero-order chi connectivity index (χ0) is 7.66.